The first-order chi connectivity index (χ1) is 17.5. The number of unbranched alkanes of at least 4 members (excludes halogenated alkanes) is 1. The second-order valence-electron chi connectivity index (χ2n) is 10.4. The van der Waals surface area contributed by atoms with Crippen LogP contribution in [0.2, 0.25) is 0 Å². The quantitative estimate of drug-likeness (QED) is 0.499. The Balaban J connectivity index is 0.000000967. The molecule has 1 aromatic heterocycles. The van der Waals surface area contributed by atoms with E-state index in [1.54, 1.807) is 0 Å². The average molecular weight is 495 g/mol. The number of carbonyl (C=O) groups excluding carboxylic acids is 1. The highest BCUT2D eigenvalue weighted by molar-refractivity contribution is 6.03. The van der Waals surface area contributed by atoms with E-state index in [-0.39, 0.29) is 23.2 Å². The van der Waals surface area contributed by atoms with Gasteiger partial charge < -0.3 is 20.7 Å². The molecule has 1 aromatic carbocycles. The first-order valence-corrected chi connectivity index (χ1v) is 13.6. The van der Waals surface area contributed by atoms with Crippen LogP contribution in [-0.2, 0) is 17.9 Å². The van der Waals surface area contributed by atoms with Crippen LogP contribution >= 0.6 is 0 Å². The minimum Gasteiger partial charge on any atom is -0.463 e. The van der Waals surface area contributed by atoms with Gasteiger partial charge in [0.05, 0.1) is 12.0 Å². The first-order valence-electron chi connectivity index (χ1n) is 13.6. The third kappa shape index (κ3) is 6.27. The van der Waals surface area contributed by atoms with Crippen molar-refractivity contribution in [1.82, 2.24) is 14.9 Å². The number of carbonyl (C=O) groups is 1. The number of hydrogen-bond donors (Lipinski definition) is 2. The molecule has 1 saturated carbocycles. The summed E-state index contributed by atoms with van der Waals surface area (Å²) in [4.78, 5) is 26.7. The Labute approximate surface area is 215 Å². The van der Waals surface area contributed by atoms with Crippen molar-refractivity contribution in [2.24, 2.45) is 5.41 Å². The maximum absolute atomic E-state index is 13.0. The molecular weight excluding hydrogens is 452 g/mol. The molecule has 3 aliphatic rings. The zero-order chi connectivity index (χ0) is 25.5. The van der Waals surface area contributed by atoms with Crippen LogP contribution < -0.4 is 20.7 Å². The van der Waals surface area contributed by atoms with E-state index in [2.05, 4.69) is 65.1 Å². The van der Waals surface area contributed by atoms with Crippen LogP contribution in [0.25, 0.3) is 0 Å². The predicted octanol–water partition coefficient (Wildman–Crippen LogP) is 4.99. The topological polar surface area (TPSA) is 96.6 Å². The van der Waals surface area contributed by atoms with Crippen molar-refractivity contribution in [3.63, 3.8) is 0 Å². The van der Waals surface area contributed by atoms with E-state index in [0.717, 1.165) is 32.2 Å². The largest absolute Gasteiger partial charge is 0.463 e. The van der Waals surface area contributed by atoms with Crippen LogP contribution in [0.5, 0.6) is 6.01 Å². The fourth-order valence-corrected chi connectivity index (χ4v) is 4.84. The van der Waals surface area contributed by atoms with Crippen molar-refractivity contribution in [2.75, 3.05) is 42.2 Å². The summed E-state index contributed by atoms with van der Waals surface area (Å²) < 4.78 is 5.77. The molecule has 0 bridgehead atoms. The summed E-state index contributed by atoms with van der Waals surface area (Å²) in [5.41, 5.74) is 8.94. The van der Waals surface area contributed by atoms with E-state index in [9.17, 15) is 4.79 Å². The lowest BCUT2D eigenvalue weighted by Crippen LogP contribution is -2.34. The third-order valence-electron chi connectivity index (χ3n) is 6.96. The smallest absolute Gasteiger partial charge is 0.320 e. The highest BCUT2D eigenvalue weighted by Crippen LogP contribution is 2.51. The van der Waals surface area contributed by atoms with Crippen LogP contribution in [0.1, 0.15) is 76.8 Å². The molecule has 0 radical (unpaired) electrons. The number of likely N-dealkylation sites (tertiary alicyclic amines) is 1. The van der Waals surface area contributed by atoms with Crippen molar-refractivity contribution in [3.8, 4) is 6.01 Å². The van der Waals surface area contributed by atoms with Gasteiger partial charge >= 0.3 is 6.01 Å². The molecule has 196 valence electrons. The fourth-order valence-electron chi connectivity index (χ4n) is 4.84. The number of hydrogen-bond acceptors (Lipinski definition) is 7. The van der Waals surface area contributed by atoms with Gasteiger partial charge in [0, 0.05) is 19.6 Å². The van der Waals surface area contributed by atoms with E-state index < -0.39 is 0 Å². The van der Waals surface area contributed by atoms with Gasteiger partial charge in [0.15, 0.2) is 11.6 Å². The molecule has 2 fully saturated rings. The number of fused-ring (bicyclic) bond motifs is 1. The highest BCUT2D eigenvalue weighted by Gasteiger charge is 2.53. The molecule has 36 heavy (non-hydrogen) atoms. The van der Waals surface area contributed by atoms with Crippen molar-refractivity contribution < 1.29 is 9.53 Å². The lowest BCUT2D eigenvalue weighted by atomic mass is 10.1. The summed E-state index contributed by atoms with van der Waals surface area (Å²) in [6.45, 7) is 11.5. The molecule has 3 heterocycles. The number of nitrogens with zero attached hydrogens (tertiary/aromatic N) is 4. The number of nitrogens with one attached hydrogen (secondary N) is 1. The van der Waals surface area contributed by atoms with Gasteiger partial charge in [-0.3, -0.25) is 9.69 Å². The second-order valence-corrected chi connectivity index (χ2v) is 10.4. The predicted molar refractivity (Wildman–Crippen MR) is 145 cm³/mol. The van der Waals surface area contributed by atoms with Crippen LogP contribution in [-0.4, -0.2) is 47.0 Å². The summed E-state index contributed by atoms with van der Waals surface area (Å²) in [5, 5.41) is 3.02. The first kappa shape index (κ1) is 26.2. The number of nitrogen functional groups attached to an aromatic ring is 1. The average Bonchev–Trinajstić information content (AvgIpc) is 3.49. The molecule has 1 aliphatic carbocycles. The molecule has 2 aliphatic heterocycles. The van der Waals surface area contributed by atoms with Crippen LogP contribution in [0.15, 0.2) is 24.3 Å². The van der Waals surface area contributed by atoms with Gasteiger partial charge in [-0.2, -0.15) is 9.97 Å². The van der Waals surface area contributed by atoms with E-state index >= 15 is 0 Å². The Morgan fingerprint density at radius 1 is 1.08 bits per heavy atom. The van der Waals surface area contributed by atoms with Crippen LogP contribution in [0.3, 0.4) is 0 Å². The molecule has 8 nitrogen and oxygen atoms in total. The molecule has 5 rings (SSSR count). The third-order valence-corrected chi connectivity index (χ3v) is 6.96. The number of aromatic nitrogens is 2. The molecule has 2 aromatic rings. The van der Waals surface area contributed by atoms with Crippen molar-refractivity contribution >= 4 is 23.2 Å². The highest BCUT2D eigenvalue weighted by atomic mass is 16.5. The lowest BCUT2D eigenvalue weighted by molar-refractivity contribution is -0.120. The van der Waals surface area contributed by atoms with Crippen LogP contribution in [0.4, 0.5) is 17.3 Å². The van der Waals surface area contributed by atoms with Crippen molar-refractivity contribution in [3.05, 3.63) is 35.4 Å². The Hall–Kier alpha value is -2.87. The number of anilines is 3. The van der Waals surface area contributed by atoms with Crippen LogP contribution in [0, 0.1) is 5.41 Å². The maximum atomic E-state index is 13.0. The van der Waals surface area contributed by atoms with E-state index in [4.69, 9.17) is 15.5 Å². The number of amides is 1. The van der Waals surface area contributed by atoms with Gasteiger partial charge in [0.2, 0.25) is 5.91 Å². The molecule has 3 N–H and O–H groups in total. The summed E-state index contributed by atoms with van der Waals surface area (Å²) >= 11 is 0. The van der Waals surface area contributed by atoms with Gasteiger partial charge in [-0.15, -0.1) is 0 Å². The van der Waals surface area contributed by atoms with Gasteiger partial charge in [-0.05, 0) is 56.3 Å². The number of ether oxygens (including phenoxy) is 1. The van der Waals surface area contributed by atoms with E-state index in [1.807, 2.05) is 0 Å². The maximum Gasteiger partial charge on any atom is 0.320 e. The Morgan fingerprint density at radius 2 is 1.78 bits per heavy atom. The number of nitrogens with two attached hydrogens (primary N) is 1. The summed E-state index contributed by atoms with van der Waals surface area (Å²) in [6.07, 6.45) is 7.54. The van der Waals surface area contributed by atoms with Crippen molar-refractivity contribution in [1.29, 1.82) is 0 Å². The Kier molecular flexibility index (Phi) is 8.67. The zero-order valence-corrected chi connectivity index (χ0v) is 22.2. The number of benzene rings is 1. The monoisotopic (exact) mass is 494 g/mol. The minimum absolute atomic E-state index is 0.0176. The minimum atomic E-state index is -0.371. The molecular formula is C28H42N6O2. The Morgan fingerprint density at radius 3 is 2.44 bits per heavy atom. The molecule has 0 atom stereocenters. The lowest BCUT2D eigenvalue weighted by Gasteiger charge is -2.26. The molecule has 0 unspecified atom stereocenters. The molecule has 8 heteroatoms. The molecule has 1 saturated heterocycles. The summed E-state index contributed by atoms with van der Waals surface area (Å²) in [5.74, 6) is 0.922. The van der Waals surface area contributed by atoms with Gasteiger partial charge in [-0.1, -0.05) is 57.9 Å². The zero-order valence-electron chi connectivity index (χ0n) is 22.2. The van der Waals surface area contributed by atoms with Gasteiger partial charge in [0.1, 0.15) is 5.69 Å². The standard InChI is InChI=1S/C25H34N6O2.C3H8/c1-2-3-13-33-24-28-21(26)20-22(29-24)31(17-25(9-10-25)23(32)27-20)16-19-8-6-7-18(14-19)15-30-11-4-5-12-30;1-3-2/h6-8,14H,2-5,9-13,15-17H2,1H3,(H,27,32)(H2,26,28,29);3H2,1-2H3. The fraction of sp³-hybridized carbons (Fsp3) is 0.607. The summed E-state index contributed by atoms with van der Waals surface area (Å²) in [6, 6.07) is 9.03. The SMILES string of the molecule is CCC.CCCCOc1nc(N)c2c(n1)N(Cc1cccc(CN3CCCC3)c1)CC1(CC1)C(=O)N2. The Bertz CT molecular complexity index is 1030. The molecule has 1 spiro atoms. The van der Waals surface area contributed by atoms with Gasteiger partial charge in [-0.25, -0.2) is 0 Å². The van der Waals surface area contributed by atoms with Gasteiger partial charge in [0.25, 0.3) is 0 Å². The normalized spacial score (nSPS) is 18.2. The number of rotatable bonds is 8. The van der Waals surface area contributed by atoms with Crippen molar-refractivity contribution in [2.45, 2.75) is 78.8 Å². The second kappa shape index (κ2) is 11.9. The van der Waals surface area contributed by atoms with E-state index in [1.165, 1.54) is 43.5 Å². The molecule has 1 amide bonds. The van der Waals surface area contributed by atoms with E-state index in [0.29, 0.717) is 31.2 Å². The summed E-state index contributed by atoms with van der Waals surface area (Å²) in [7, 11) is 0.